The summed E-state index contributed by atoms with van der Waals surface area (Å²) in [5.74, 6) is 0. The third-order valence-electron chi connectivity index (χ3n) is 1.31. The molecule has 0 aromatic rings. The second kappa shape index (κ2) is 2.51. The largest absolute Gasteiger partial charge is 0.337 e. The van der Waals surface area contributed by atoms with Crippen molar-refractivity contribution in [3.05, 3.63) is 0 Å². The smallest absolute Gasteiger partial charge is 0.248 e. The van der Waals surface area contributed by atoms with Crippen LogP contribution >= 0.6 is 0 Å². The number of hydrogen-bond donors (Lipinski definition) is 0. The van der Waals surface area contributed by atoms with Crippen LogP contribution in [-0.2, 0) is 4.79 Å². The fraction of sp³-hybridized carbons (Fsp3) is 0.400. The Morgan fingerprint density at radius 1 is 1.45 bits per heavy atom. The van der Waals surface area contributed by atoms with Crippen molar-refractivity contribution < 1.29 is 14.4 Å². The summed E-state index contributed by atoms with van der Waals surface area (Å²) in [5, 5.41) is 0. The number of aliphatic imine (C=N–C) groups is 1. The Bertz CT molecular complexity index is 240. The van der Waals surface area contributed by atoms with Crippen molar-refractivity contribution in [1.82, 2.24) is 9.80 Å². The van der Waals surface area contributed by atoms with E-state index in [1.807, 2.05) is 0 Å². The molecule has 1 saturated heterocycles. The zero-order chi connectivity index (χ0) is 8.43. The Hall–Kier alpha value is -1.68. The standard InChI is InChI=1S/C5H5N3O3/c1-7-4(10)8(5(7)11)2-6-3-9/h2H2,1H3. The fourth-order valence-corrected chi connectivity index (χ4v) is 0.702. The SMILES string of the molecule is CN1C(=O)N(CN=C=O)C1=O. The van der Waals surface area contributed by atoms with Gasteiger partial charge in [-0.05, 0) is 0 Å². The van der Waals surface area contributed by atoms with Crippen molar-refractivity contribution in [3.8, 4) is 0 Å². The van der Waals surface area contributed by atoms with Gasteiger partial charge in [-0.25, -0.2) is 24.2 Å². The number of urea groups is 2. The van der Waals surface area contributed by atoms with Crippen molar-refractivity contribution in [2.24, 2.45) is 4.99 Å². The van der Waals surface area contributed by atoms with Crippen molar-refractivity contribution >= 4 is 18.1 Å². The van der Waals surface area contributed by atoms with E-state index in [1.54, 1.807) is 0 Å². The average Bonchev–Trinajstić information content (AvgIpc) is 2.04. The van der Waals surface area contributed by atoms with Gasteiger partial charge in [-0.2, -0.15) is 4.99 Å². The molecule has 0 N–H and O–H groups in total. The van der Waals surface area contributed by atoms with Crippen LogP contribution in [0.2, 0.25) is 0 Å². The van der Waals surface area contributed by atoms with Crippen LogP contribution in [0.4, 0.5) is 9.59 Å². The molecule has 1 aliphatic rings. The number of rotatable bonds is 2. The summed E-state index contributed by atoms with van der Waals surface area (Å²) in [6, 6.07) is -0.900. The van der Waals surface area contributed by atoms with Crippen LogP contribution in [0, 0.1) is 0 Å². The normalized spacial score (nSPS) is 16.1. The zero-order valence-electron chi connectivity index (χ0n) is 5.77. The first-order chi connectivity index (χ1) is 5.18. The van der Waals surface area contributed by atoms with E-state index in [4.69, 9.17) is 0 Å². The Balaban J connectivity index is 2.56. The highest BCUT2D eigenvalue weighted by atomic mass is 16.2. The van der Waals surface area contributed by atoms with E-state index in [2.05, 4.69) is 4.99 Å². The van der Waals surface area contributed by atoms with Crippen LogP contribution in [0.5, 0.6) is 0 Å². The second-order valence-corrected chi connectivity index (χ2v) is 1.94. The summed E-state index contributed by atoms with van der Waals surface area (Å²) in [7, 11) is 1.35. The minimum atomic E-state index is -0.450. The van der Waals surface area contributed by atoms with Crippen LogP contribution in [0.15, 0.2) is 4.99 Å². The Labute approximate surface area is 62.1 Å². The lowest BCUT2D eigenvalue weighted by Crippen LogP contribution is -2.61. The topological polar surface area (TPSA) is 70.1 Å². The fourth-order valence-electron chi connectivity index (χ4n) is 0.702. The maximum absolute atomic E-state index is 10.7. The highest BCUT2D eigenvalue weighted by molar-refractivity contribution is 6.11. The van der Waals surface area contributed by atoms with Crippen LogP contribution < -0.4 is 0 Å². The first kappa shape index (κ1) is 7.43. The lowest BCUT2D eigenvalue weighted by molar-refractivity contribution is 0.117. The van der Waals surface area contributed by atoms with Crippen molar-refractivity contribution in [2.45, 2.75) is 0 Å². The number of hydrogen-bond acceptors (Lipinski definition) is 4. The second-order valence-electron chi connectivity index (χ2n) is 1.94. The quantitative estimate of drug-likeness (QED) is 0.408. The molecule has 6 heteroatoms. The number of carbonyl (C=O) groups excluding carboxylic acids is 3. The molecule has 0 aromatic carbocycles. The Morgan fingerprint density at radius 3 is 2.45 bits per heavy atom. The van der Waals surface area contributed by atoms with E-state index in [0.29, 0.717) is 0 Å². The number of amides is 4. The van der Waals surface area contributed by atoms with Gasteiger partial charge in [-0.15, -0.1) is 0 Å². The van der Waals surface area contributed by atoms with Gasteiger partial charge in [0, 0.05) is 7.05 Å². The molecule has 0 atom stereocenters. The molecule has 1 rings (SSSR count). The van der Waals surface area contributed by atoms with E-state index in [1.165, 1.54) is 13.1 Å². The lowest BCUT2D eigenvalue weighted by atomic mass is 10.5. The molecular formula is C5H5N3O3. The Kier molecular flexibility index (Phi) is 1.70. The summed E-state index contributed by atoms with van der Waals surface area (Å²) in [4.78, 5) is 35.9. The Morgan fingerprint density at radius 2 is 2.00 bits per heavy atom. The maximum Gasteiger partial charge on any atom is 0.337 e. The molecule has 1 fully saturated rings. The first-order valence-electron chi connectivity index (χ1n) is 2.81. The minimum absolute atomic E-state index is 0.231. The van der Waals surface area contributed by atoms with Gasteiger partial charge in [0.05, 0.1) is 0 Å². The lowest BCUT2D eigenvalue weighted by Gasteiger charge is -2.34. The summed E-state index contributed by atoms with van der Waals surface area (Å²) in [5.41, 5.74) is 0. The van der Waals surface area contributed by atoms with E-state index in [-0.39, 0.29) is 6.67 Å². The van der Waals surface area contributed by atoms with Crippen molar-refractivity contribution in [1.29, 1.82) is 0 Å². The number of isocyanates is 1. The molecule has 4 amide bonds. The van der Waals surface area contributed by atoms with Gasteiger partial charge in [-0.1, -0.05) is 0 Å². The van der Waals surface area contributed by atoms with Gasteiger partial charge in [0.2, 0.25) is 6.08 Å². The third-order valence-corrected chi connectivity index (χ3v) is 1.31. The van der Waals surface area contributed by atoms with Gasteiger partial charge in [0.15, 0.2) is 0 Å². The average molecular weight is 155 g/mol. The maximum atomic E-state index is 10.7. The predicted octanol–water partition coefficient (Wildman–Crippen LogP) is -0.233. The number of nitrogens with zero attached hydrogens (tertiary/aromatic N) is 3. The predicted molar refractivity (Wildman–Crippen MR) is 33.4 cm³/mol. The summed E-state index contributed by atoms with van der Waals surface area (Å²) < 4.78 is 0. The molecule has 0 spiro atoms. The van der Waals surface area contributed by atoms with Crippen molar-refractivity contribution in [3.63, 3.8) is 0 Å². The van der Waals surface area contributed by atoms with E-state index in [0.717, 1.165) is 9.80 Å². The molecule has 1 aliphatic heterocycles. The molecule has 6 nitrogen and oxygen atoms in total. The van der Waals surface area contributed by atoms with Crippen molar-refractivity contribution in [2.75, 3.05) is 13.7 Å². The molecule has 11 heavy (non-hydrogen) atoms. The number of imide groups is 2. The van der Waals surface area contributed by atoms with E-state index < -0.39 is 12.1 Å². The van der Waals surface area contributed by atoms with Crippen LogP contribution in [0.1, 0.15) is 0 Å². The van der Waals surface area contributed by atoms with Crippen LogP contribution in [0.3, 0.4) is 0 Å². The molecular weight excluding hydrogens is 150 g/mol. The van der Waals surface area contributed by atoms with Gasteiger partial charge >= 0.3 is 12.1 Å². The van der Waals surface area contributed by atoms with Crippen LogP contribution in [0.25, 0.3) is 0 Å². The minimum Gasteiger partial charge on any atom is -0.248 e. The first-order valence-corrected chi connectivity index (χ1v) is 2.81. The molecule has 0 bridgehead atoms. The summed E-state index contributed by atoms with van der Waals surface area (Å²) in [6.45, 7) is -0.231. The number of carbonyl (C=O) groups is 2. The van der Waals surface area contributed by atoms with Gasteiger partial charge < -0.3 is 0 Å². The molecule has 0 unspecified atom stereocenters. The summed E-state index contributed by atoms with van der Waals surface area (Å²) >= 11 is 0. The van der Waals surface area contributed by atoms with Gasteiger partial charge in [-0.3, -0.25) is 0 Å². The zero-order valence-corrected chi connectivity index (χ0v) is 5.77. The highest BCUT2D eigenvalue weighted by Gasteiger charge is 2.40. The van der Waals surface area contributed by atoms with E-state index in [9.17, 15) is 14.4 Å². The molecule has 0 radical (unpaired) electrons. The summed E-state index contributed by atoms with van der Waals surface area (Å²) in [6.07, 6.45) is 1.23. The molecule has 0 aromatic heterocycles. The van der Waals surface area contributed by atoms with E-state index >= 15 is 0 Å². The van der Waals surface area contributed by atoms with Gasteiger partial charge in [0.25, 0.3) is 0 Å². The molecule has 58 valence electrons. The van der Waals surface area contributed by atoms with Gasteiger partial charge in [0.1, 0.15) is 6.67 Å². The molecule has 0 aliphatic carbocycles. The monoisotopic (exact) mass is 155 g/mol. The highest BCUT2D eigenvalue weighted by Crippen LogP contribution is 2.12. The molecule has 1 heterocycles. The molecule has 0 saturated carbocycles. The van der Waals surface area contributed by atoms with Crippen LogP contribution in [-0.4, -0.2) is 41.7 Å². The third kappa shape index (κ3) is 0.990.